The smallest absolute Gasteiger partial charge is 0.0339 e. The summed E-state index contributed by atoms with van der Waals surface area (Å²) in [7, 11) is 0. The highest BCUT2D eigenvalue weighted by Gasteiger charge is 1.98. The number of rotatable bonds is 4. The summed E-state index contributed by atoms with van der Waals surface area (Å²) in [6.07, 6.45) is 3.78. The van der Waals surface area contributed by atoms with Crippen molar-refractivity contribution in [1.82, 2.24) is 0 Å². The van der Waals surface area contributed by atoms with Crippen molar-refractivity contribution in [2.45, 2.75) is 27.7 Å². The Morgan fingerprint density at radius 2 is 1.58 bits per heavy atom. The molecule has 0 spiro atoms. The molecule has 0 aromatic heterocycles. The van der Waals surface area contributed by atoms with E-state index in [0.29, 0.717) is 17.5 Å². The van der Waals surface area contributed by atoms with Crippen molar-refractivity contribution in [3.8, 4) is 0 Å². The second-order valence-electron chi connectivity index (χ2n) is 3.67. The first-order chi connectivity index (χ1) is 5.45. The highest BCUT2D eigenvalue weighted by Crippen LogP contribution is 2.08. The third-order valence-corrected chi connectivity index (χ3v) is 1.84. The lowest BCUT2D eigenvalue weighted by Crippen LogP contribution is -2.01. The van der Waals surface area contributed by atoms with Crippen molar-refractivity contribution in [2.75, 3.05) is 0 Å². The maximum atomic E-state index is 7.55. The zero-order valence-electron chi connectivity index (χ0n) is 8.52. The van der Waals surface area contributed by atoms with Crippen molar-refractivity contribution < 1.29 is 0 Å². The topological polar surface area (TPSA) is 23.9 Å². The van der Waals surface area contributed by atoms with Crippen molar-refractivity contribution in [3.63, 3.8) is 0 Å². The first kappa shape index (κ1) is 11.2. The molecule has 0 bridgehead atoms. The quantitative estimate of drug-likeness (QED) is 0.487. The number of nitrogens with one attached hydrogen (secondary N) is 1. The zero-order chi connectivity index (χ0) is 9.72. The van der Waals surface area contributed by atoms with E-state index < -0.39 is 0 Å². The van der Waals surface area contributed by atoms with Crippen LogP contribution in [0.4, 0.5) is 0 Å². The third-order valence-electron chi connectivity index (χ3n) is 1.84. The van der Waals surface area contributed by atoms with Gasteiger partial charge in [-0.1, -0.05) is 45.9 Å². The third kappa shape index (κ3) is 4.12. The lowest BCUT2D eigenvalue weighted by molar-refractivity contribution is 0.795. The molecule has 68 valence electrons. The summed E-state index contributed by atoms with van der Waals surface area (Å²) in [5.74, 6) is 0.780. The first-order valence-corrected chi connectivity index (χ1v) is 4.40. The van der Waals surface area contributed by atoms with E-state index >= 15 is 0 Å². The second kappa shape index (κ2) is 4.91. The molecule has 0 atom stereocenters. The number of allylic oxidation sites excluding steroid dienone is 3. The molecule has 0 saturated carbocycles. The van der Waals surface area contributed by atoms with Gasteiger partial charge in [0, 0.05) is 5.71 Å². The molecule has 1 N–H and O–H groups in total. The Bertz CT molecular complexity index is 175. The molecular formula is C11H19N. The molecule has 0 aromatic carbocycles. The van der Waals surface area contributed by atoms with Gasteiger partial charge >= 0.3 is 0 Å². The fraction of sp³-hybridized carbons (Fsp3) is 0.545. The fourth-order valence-electron chi connectivity index (χ4n) is 0.582. The number of hydrogen-bond acceptors (Lipinski definition) is 1. The van der Waals surface area contributed by atoms with Crippen molar-refractivity contribution in [2.24, 2.45) is 11.8 Å². The molecule has 1 heteroatoms. The van der Waals surface area contributed by atoms with E-state index in [4.69, 9.17) is 5.41 Å². The predicted molar refractivity (Wildman–Crippen MR) is 55.7 cm³/mol. The molecular weight excluding hydrogens is 146 g/mol. The van der Waals surface area contributed by atoms with Crippen molar-refractivity contribution >= 4 is 5.71 Å². The monoisotopic (exact) mass is 165 g/mol. The van der Waals surface area contributed by atoms with E-state index in [1.165, 1.54) is 0 Å². The van der Waals surface area contributed by atoms with Crippen LogP contribution in [-0.2, 0) is 0 Å². The molecule has 0 heterocycles. The Balaban J connectivity index is 4.08. The van der Waals surface area contributed by atoms with E-state index in [1.807, 2.05) is 26.0 Å². The molecule has 12 heavy (non-hydrogen) atoms. The summed E-state index contributed by atoms with van der Waals surface area (Å²) in [6.45, 7) is 12.1. The molecule has 0 fully saturated rings. The van der Waals surface area contributed by atoms with Crippen LogP contribution >= 0.6 is 0 Å². The van der Waals surface area contributed by atoms with Gasteiger partial charge in [-0.3, -0.25) is 0 Å². The molecule has 0 aliphatic rings. The molecule has 1 nitrogen and oxygen atoms in total. The number of hydrogen-bond donors (Lipinski definition) is 1. The standard InChI is InChI=1S/C11H19N/c1-8(2)10(5)6-7-11(12)9(3)4/h6-9,12H,5H2,1-4H3/b7-6-,12-11?. The van der Waals surface area contributed by atoms with Gasteiger partial charge in [-0.15, -0.1) is 0 Å². The van der Waals surface area contributed by atoms with Crippen LogP contribution in [0.5, 0.6) is 0 Å². The summed E-state index contributed by atoms with van der Waals surface area (Å²) in [6, 6.07) is 0. The summed E-state index contributed by atoms with van der Waals surface area (Å²) in [5, 5.41) is 7.55. The SMILES string of the molecule is C=C(/C=C\C(=N)C(C)C)C(C)C. The summed E-state index contributed by atoms with van der Waals surface area (Å²) in [4.78, 5) is 0. The predicted octanol–water partition coefficient (Wildman–Crippen LogP) is 3.43. The Morgan fingerprint density at radius 3 is 1.92 bits per heavy atom. The molecule has 0 saturated heterocycles. The van der Waals surface area contributed by atoms with Gasteiger partial charge in [-0.05, 0) is 17.9 Å². The minimum Gasteiger partial charge on any atom is -0.305 e. The van der Waals surface area contributed by atoms with Crippen LogP contribution in [0.15, 0.2) is 24.3 Å². The van der Waals surface area contributed by atoms with E-state index in [9.17, 15) is 0 Å². The summed E-state index contributed by atoms with van der Waals surface area (Å²) >= 11 is 0. The maximum Gasteiger partial charge on any atom is 0.0339 e. The van der Waals surface area contributed by atoms with Crippen LogP contribution in [-0.4, -0.2) is 5.71 Å². The van der Waals surface area contributed by atoms with E-state index in [2.05, 4.69) is 20.4 Å². The summed E-state index contributed by atoms with van der Waals surface area (Å²) in [5.41, 5.74) is 1.75. The Labute approximate surface area is 75.7 Å². The highest BCUT2D eigenvalue weighted by atomic mass is 14.4. The fourth-order valence-corrected chi connectivity index (χ4v) is 0.582. The molecule has 0 radical (unpaired) electrons. The van der Waals surface area contributed by atoms with E-state index in [0.717, 1.165) is 5.57 Å². The van der Waals surface area contributed by atoms with Gasteiger partial charge in [0.1, 0.15) is 0 Å². The molecule has 0 rings (SSSR count). The summed E-state index contributed by atoms with van der Waals surface area (Å²) < 4.78 is 0. The minimum atomic E-state index is 0.307. The molecule has 0 aromatic rings. The average Bonchev–Trinajstić information content (AvgIpc) is 1.98. The largest absolute Gasteiger partial charge is 0.305 e. The van der Waals surface area contributed by atoms with E-state index in [1.54, 1.807) is 0 Å². The van der Waals surface area contributed by atoms with Gasteiger partial charge in [-0.25, -0.2) is 0 Å². The lowest BCUT2D eigenvalue weighted by Gasteiger charge is -2.04. The van der Waals surface area contributed by atoms with Gasteiger partial charge in [-0.2, -0.15) is 0 Å². The van der Waals surface area contributed by atoms with Crippen molar-refractivity contribution in [3.05, 3.63) is 24.3 Å². The van der Waals surface area contributed by atoms with Crippen molar-refractivity contribution in [1.29, 1.82) is 5.41 Å². The van der Waals surface area contributed by atoms with Crippen LogP contribution < -0.4 is 0 Å². The van der Waals surface area contributed by atoms with Gasteiger partial charge in [0.2, 0.25) is 0 Å². The van der Waals surface area contributed by atoms with Gasteiger partial charge in [0.05, 0.1) is 0 Å². The Hall–Kier alpha value is -0.850. The Morgan fingerprint density at radius 1 is 1.08 bits per heavy atom. The van der Waals surface area contributed by atoms with Crippen LogP contribution in [0.25, 0.3) is 0 Å². The first-order valence-electron chi connectivity index (χ1n) is 4.40. The maximum absolute atomic E-state index is 7.55. The molecule has 0 aliphatic carbocycles. The molecule has 0 amide bonds. The van der Waals surface area contributed by atoms with Crippen LogP contribution in [0, 0.1) is 17.2 Å². The van der Waals surface area contributed by atoms with E-state index in [-0.39, 0.29) is 0 Å². The van der Waals surface area contributed by atoms with Gasteiger partial charge in [0.15, 0.2) is 0 Å². The zero-order valence-corrected chi connectivity index (χ0v) is 8.52. The second-order valence-corrected chi connectivity index (χ2v) is 3.67. The van der Waals surface area contributed by atoms with Gasteiger partial charge < -0.3 is 5.41 Å². The van der Waals surface area contributed by atoms with Crippen LogP contribution in [0.1, 0.15) is 27.7 Å². The lowest BCUT2D eigenvalue weighted by atomic mass is 10.0. The highest BCUT2D eigenvalue weighted by molar-refractivity contribution is 5.94. The minimum absolute atomic E-state index is 0.307. The molecule has 0 unspecified atom stereocenters. The normalized spacial score (nSPS) is 11.5. The van der Waals surface area contributed by atoms with Gasteiger partial charge in [0.25, 0.3) is 0 Å². The Kier molecular flexibility index (Phi) is 4.57. The average molecular weight is 165 g/mol. The van der Waals surface area contributed by atoms with Crippen LogP contribution in [0.2, 0.25) is 0 Å². The molecule has 0 aliphatic heterocycles. The van der Waals surface area contributed by atoms with Crippen LogP contribution in [0.3, 0.4) is 0 Å².